The van der Waals surface area contributed by atoms with Gasteiger partial charge in [0.2, 0.25) is 0 Å². The molecule has 0 saturated heterocycles. The predicted octanol–water partition coefficient (Wildman–Crippen LogP) is -1.55. The fraction of sp³-hybridized carbons (Fsp3) is 0. The van der Waals surface area contributed by atoms with Crippen molar-refractivity contribution in [1.29, 1.82) is 0 Å². The molecule has 14 nitrogen and oxygen atoms in total. The first kappa shape index (κ1) is 52.4. The molecule has 0 heterocycles. The second kappa shape index (κ2) is 23.5. The van der Waals surface area contributed by atoms with E-state index in [0.717, 1.165) is 22.2 Å². The number of phenolic OH excluding ortho intramolecular Hbond substituents is 1. The number of rotatable bonds is 5. The monoisotopic (exact) mass is 904 g/mol. The summed E-state index contributed by atoms with van der Waals surface area (Å²) in [7, 11) is -7.94. The van der Waals surface area contributed by atoms with E-state index in [1.807, 2.05) is 54.6 Å². The van der Waals surface area contributed by atoms with Gasteiger partial charge >= 0.3 is 117 Å². The van der Waals surface area contributed by atoms with Gasteiger partial charge in [-0.2, -0.15) is 27.2 Å². The predicted molar refractivity (Wildman–Crippen MR) is 201 cm³/mol. The quantitative estimate of drug-likeness (QED) is 0.0902. The number of azo groups is 2. The Morgan fingerprint density at radius 3 is 1.50 bits per heavy atom. The summed E-state index contributed by atoms with van der Waals surface area (Å²) in [5.41, 5.74) is 0.526. The summed E-state index contributed by atoms with van der Waals surface area (Å²) in [6.45, 7) is 0. The average molecular weight is 905 g/mol. The van der Waals surface area contributed by atoms with Gasteiger partial charge in [0, 0.05) is 27.2 Å². The summed E-state index contributed by atoms with van der Waals surface area (Å²) in [6.07, 6.45) is 0. The number of hydrogen-bond donors (Lipinski definition) is 1. The first-order valence-corrected chi connectivity index (χ1v) is 18.5. The Labute approximate surface area is 421 Å². The van der Waals surface area contributed by atoms with Crippen molar-refractivity contribution in [2.75, 3.05) is 0 Å². The van der Waals surface area contributed by atoms with Gasteiger partial charge in [0.15, 0.2) is 0 Å². The van der Waals surface area contributed by atoms with E-state index in [0.29, 0.717) is 16.2 Å². The number of benzene rings is 8. The van der Waals surface area contributed by atoms with Crippen LogP contribution >= 0.6 is 0 Å². The van der Waals surface area contributed by atoms with Crippen LogP contribution in [0.25, 0.3) is 43.1 Å². The minimum Gasteiger partial charge on any atom is -0.913 e. The SMILES string of the molecule is O=S(=O)([O-])c1cc([O-])c(N=Nc2c(O)ccc3ccccc23)c2ccccc12.O=S(=O)=O.[Cr+3].[Na+].[Na+].[Na+].[O-]c1c[c-]c2ccccc2c1N=Nc1c([O-])ccc2ccccc12. The molecule has 0 aliphatic carbocycles. The third-order valence-electron chi connectivity index (χ3n) is 8.23. The molecule has 283 valence electrons. The van der Waals surface area contributed by atoms with Gasteiger partial charge in [-0.15, -0.1) is 41.3 Å². The van der Waals surface area contributed by atoms with Crippen LogP contribution in [-0.2, 0) is 38.1 Å². The van der Waals surface area contributed by atoms with Crippen molar-refractivity contribution in [3.05, 3.63) is 140 Å². The van der Waals surface area contributed by atoms with E-state index < -0.39 is 31.4 Å². The largest absolute Gasteiger partial charge is 3.00 e. The first-order valence-electron chi connectivity index (χ1n) is 16.1. The number of aromatic hydroxyl groups is 1. The smallest absolute Gasteiger partial charge is 0.913 e. The van der Waals surface area contributed by atoms with Crippen LogP contribution in [0.15, 0.2) is 159 Å². The van der Waals surface area contributed by atoms with Crippen molar-refractivity contribution in [3.8, 4) is 23.0 Å². The van der Waals surface area contributed by atoms with Crippen LogP contribution in [0, 0.1) is 6.07 Å². The maximum Gasteiger partial charge on any atom is 3.00 e. The molecule has 0 aromatic heterocycles. The first-order chi connectivity index (χ1) is 26.8. The standard InChI is InChI=1S/C20H14N2O5S.C20H13N2O2.Cr.3Na.O3S/c23-16-10-9-12-5-1-2-6-13(12)19(16)21-22-20-15-8-4-3-7-14(15)18(11-17(20)24)28(25,26)27;23-17-11-9-13-5-1-3-7-15(13)19(17)21-22-20-16-8-4-2-6-14(16)10-12-18(20)24;;;;;1-4(2)3/h1-11,23-24H,(H,25,26,27);1-9,11-12,23-24H;;;;;/q;-1;+3;3*+1;/p-4. The Kier molecular flexibility index (Phi) is 20.5. The van der Waals surface area contributed by atoms with Crippen molar-refractivity contribution >= 4 is 86.6 Å². The maximum atomic E-state index is 12.5. The van der Waals surface area contributed by atoms with Gasteiger partial charge in [0.25, 0.3) is 0 Å². The maximum absolute atomic E-state index is 12.5. The van der Waals surface area contributed by atoms with Crippen LogP contribution in [0.5, 0.6) is 23.0 Å². The van der Waals surface area contributed by atoms with E-state index in [9.17, 15) is 33.4 Å². The summed E-state index contributed by atoms with van der Waals surface area (Å²) in [5, 5.41) is 68.0. The van der Waals surface area contributed by atoms with Crippen LogP contribution in [-0.4, -0.2) is 30.7 Å². The van der Waals surface area contributed by atoms with Crippen molar-refractivity contribution < 1.29 is 152 Å². The van der Waals surface area contributed by atoms with E-state index in [4.69, 9.17) is 12.6 Å². The molecule has 1 N–H and O–H groups in total. The third kappa shape index (κ3) is 12.4. The molecule has 8 aromatic carbocycles. The van der Waals surface area contributed by atoms with Gasteiger partial charge in [-0.05, 0) is 22.9 Å². The summed E-state index contributed by atoms with van der Waals surface area (Å²) >= 11 is 0. The van der Waals surface area contributed by atoms with Gasteiger partial charge in [-0.1, -0.05) is 120 Å². The molecule has 0 amide bonds. The molecule has 0 atom stereocenters. The van der Waals surface area contributed by atoms with Crippen LogP contribution in [0.4, 0.5) is 22.7 Å². The normalized spacial score (nSPS) is 10.7. The Hall–Kier alpha value is -3.74. The molecule has 0 aliphatic heterocycles. The van der Waals surface area contributed by atoms with Gasteiger partial charge in [0.05, 0.1) is 16.3 Å². The van der Waals surface area contributed by atoms with Crippen molar-refractivity contribution in [3.63, 3.8) is 0 Å². The van der Waals surface area contributed by atoms with Gasteiger partial charge in [0.1, 0.15) is 21.6 Å². The molecule has 0 unspecified atom stereocenters. The zero-order valence-electron chi connectivity index (χ0n) is 31.8. The molecule has 0 spiro atoms. The summed E-state index contributed by atoms with van der Waals surface area (Å²) in [6, 6.07) is 39.5. The molecular formula is C40H23CrN4Na3O10S2+. The summed E-state index contributed by atoms with van der Waals surface area (Å²) in [4.78, 5) is -0.597. The zero-order valence-corrected chi connectivity index (χ0v) is 40.7. The average Bonchev–Trinajstić information content (AvgIpc) is 3.18. The number of phenols is 1. The Morgan fingerprint density at radius 1 is 0.517 bits per heavy atom. The van der Waals surface area contributed by atoms with E-state index in [1.165, 1.54) is 30.3 Å². The van der Waals surface area contributed by atoms with Gasteiger partial charge in [-0.25, -0.2) is 8.42 Å². The van der Waals surface area contributed by atoms with Crippen molar-refractivity contribution in [1.82, 2.24) is 0 Å². The Bertz CT molecular complexity index is 3020. The van der Waals surface area contributed by atoms with Gasteiger partial charge < -0.3 is 25.0 Å². The van der Waals surface area contributed by atoms with E-state index >= 15 is 0 Å². The third-order valence-corrected chi connectivity index (χ3v) is 9.11. The second-order valence-corrected chi connectivity index (χ2v) is 13.4. The number of nitrogens with zero attached hydrogens (tertiary/aromatic N) is 4. The Balaban J connectivity index is 0.000000360. The van der Waals surface area contributed by atoms with E-state index in [-0.39, 0.29) is 157 Å². The van der Waals surface area contributed by atoms with E-state index in [2.05, 4.69) is 26.5 Å². The molecule has 0 fully saturated rings. The van der Waals surface area contributed by atoms with Crippen LogP contribution < -0.4 is 104 Å². The molecule has 60 heavy (non-hydrogen) atoms. The van der Waals surface area contributed by atoms with Crippen LogP contribution in [0.2, 0.25) is 0 Å². The number of hydrogen-bond acceptors (Lipinski definition) is 14. The molecule has 0 saturated carbocycles. The summed E-state index contributed by atoms with van der Waals surface area (Å²) in [5.74, 6) is -1.36. The molecule has 20 heteroatoms. The fourth-order valence-electron chi connectivity index (χ4n) is 5.76. The molecule has 0 bridgehead atoms. The minimum absolute atomic E-state index is 0. The molecule has 0 aliphatic rings. The molecule has 8 rings (SSSR count). The van der Waals surface area contributed by atoms with Crippen molar-refractivity contribution in [2.45, 2.75) is 4.90 Å². The van der Waals surface area contributed by atoms with Crippen LogP contribution in [0.1, 0.15) is 0 Å². The molecular weight excluding hydrogens is 882 g/mol. The van der Waals surface area contributed by atoms with Gasteiger partial charge in [-0.3, -0.25) is 0 Å². The van der Waals surface area contributed by atoms with Crippen LogP contribution in [0.3, 0.4) is 0 Å². The topological polar surface area (TPSA) is 247 Å². The van der Waals surface area contributed by atoms with Crippen molar-refractivity contribution in [2.24, 2.45) is 20.5 Å². The Morgan fingerprint density at radius 2 is 0.933 bits per heavy atom. The minimum atomic E-state index is -4.83. The molecule has 1 radical (unpaired) electrons. The molecule has 8 aromatic rings. The fourth-order valence-corrected chi connectivity index (χ4v) is 6.46. The second-order valence-electron chi connectivity index (χ2n) is 11.7. The van der Waals surface area contributed by atoms with E-state index in [1.54, 1.807) is 42.5 Å². The summed E-state index contributed by atoms with van der Waals surface area (Å²) < 4.78 is 59.8. The zero-order chi connectivity index (χ0) is 40.0. The number of fused-ring (bicyclic) bond motifs is 4.